The average Bonchev–Trinajstić information content (AvgIpc) is 2.38. The molecule has 0 atom stereocenters. The fourth-order valence-corrected chi connectivity index (χ4v) is 2.06. The van der Waals surface area contributed by atoms with Crippen molar-refractivity contribution in [2.24, 2.45) is 0 Å². The molecule has 2 aromatic carbocycles. The highest BCUT2D eigenvalue weighted by Gasteiger charge is 2.11. The molecule has 0 unspecified atom stereocenters. The molecule has 0 aromatic heterocycles. The summed E-state index contributed by atoms with van der Waals surface area (Å²) < 4.78 is 0. The van der Waals surface area contributed by atoms with Crippen molar-refractivity contribution in [2.75, 3.05) is 0 Å². The van der Waals surface area contributed by atoms with Crippen LogP contribution in [0.1, 0.15) is 29.8 Å². The highest BCUT2D eigenvalue weighted by atomic mass is 16.3. The van der Waals surface area contributed by atoms with Gasteiger partial charge in [-0.15, -0.1) is 0 Å². The summed E-state index contributed by atoms with van der Waals surface area (Å²) in [4.78, 5) is 11.6. The molecule has 0 fully saturated rings. The largest absolute Gasteiger partial charge is 0.507 e. The minimum atomic E-state index is -0.0117. The fourth-order valence-electron chi connectivity index (χ4n) is 2.06. The lowest BCUT2D eigenvalue weighted by atomic mass is 9.96. The van der Waals surface area contributed by atoms with Crippen molar-refractivity contribution in [3.63, 3.8) is 0 Å². The lowest BCUT2D eigenvalue weighted by Crippen LogP contribution is -1.97. The van der Waals surface area contributed by atoms with Crippen LogP contribution in [0.5, 0.6) is 5.75 Å². The van der Waals surface area contributed by atoms with Gasteiger partial charge in [0, 0.05) is 16.8 Å². The first-order valence-electron chi connectivity index (χ1n) is 5.99. The predicted molar refractivity (Wildman–Crippen MR) is 76.1 cm³/mol. The first-order chi connectivity index (χ1) is 9.00. The Hall–Kier alpha value is -2.42. The van der Waals surface area contributed by atoms with Crippen molar-refractivity contribution in [1.82, 2.24) is 0 Å². The highest BCUT2D eigenvalue weighted by Crippen LogP contribution is 2.29. The molecule has 0 spiro atoms. The molecule has 2 rings (SSSR count). The Labute approximate surface area is 112 Å². The van der Waals surface area contributed by atoms with E-state index in [0.717, 1.165) is 11.1 Å². The van der Waals surface area contributed by atoms with Crippen LogP contribution in [-0.4, -0.2) is 16.6 Å². The number of carbonyl (C=O) groups excluding carboxylic acids is 1. The van der Waals surface area contributed by atoms with Gasteiger partial charge in [-0.1, -0.05) is 30.3 Å². The Morgan fingerprint density at radius 2 is 1.74 bits per heavy atom. The Bertz CT molecular complexity index is 660. The van der Waals surface area contributed by atoms with Crippen molar-refractivity contribution in [3.8, 4) is 16.9 Å². The fraction of sp³-hybridized carbons (Fsp3) is 0.125. The average molecular weight is 253 g/mol. The quantitative estimate of drug-likeness (QED) is 0.648. The van der Waals surface area contributed by atoms with E-state index in [0.29, 0.717) is 16.8 Å². The van der Waals surface area contributed by atoms with Crippen LogP contribution in [0.25, 0.3) is 11.1 Å². The van der Waals surface area contributed by atoms with E-state index < -0.39 is 0 Å². The predicted octanol–water partition coefficient (Wildman–Crippen LogP) is 3.65. The van der Waals surface area contributed by atoms with Crippen LogP contribution in [0.15, 0.2) is 42.5 Å². The van der Waals surface area contributed by atoms with Crippen molar-refractivity contribution in [3.05, 3.63) is 53.6 Å². The Morgan fingerprint density at radius 3 is 2.32 bits per heavy atom. The second kappa shape index (κ2) is 5.06. The van der Waals surface area contributed by atoms with Crippen molar-refractivity contribution in [1.29, 1.82) is 5.41 Å². The standard InChI is InChI=1S/C16H15NO2/c1-10(17)13-8-7-12(9-16(13)19)15-6-4-3-5-14(15)11(2)18/h3-9,17,19H,1-2H3. The Kier molecular flexibility index (Phi) is 3.47. The number of rotatable bonds is 3. The molecule has 3 heteroatoms. The zero-order chi connectivity index (χ0) is 14.0. The van der Waals surface area contributed by atoms with Crippen LogP contribution in [0, 0.1) is 5.41 Å². The molecular weight excluding hydrogens is 238 g/mol. The summed E-state index contributed by atoms with van der Waals surface area (Å²) in [6.07, 6.45) is 0. The van der Waals surface area contributed by atoms with Gasteiger partial charge in [-0.2, -0.15) is 0 Å². The summed E-state index contributed by atoms with van der Waals surface area (Å²) >= 11 is 0. The number of benzene rings is 2. The van der Waals surface area contributed by atoms with Gasteiger partial charge in [-0.05, 0) is 37.1 Å². The summed E-state index contributed by atoms with van der Waals surface area (Å²) in [5.41, 5.74) is 3.00. The van der Waals surface area contributed by atoms with Gasteiger partial charge >= 0.3 is 0 Å². The van der Waals surface area contributed by atoms with E-state index >= 15 is 0 Å². The number of hydrogen-bond donors (Lipinski definition) is 2. The summed E-state index contributed by atoms with van der Waals surface area (Å²) in [5, 5.41) is 17.5. The second-order valence-electron chi connectivity index (χ2n) is 4.46. The van der Waals surface area contributed by atoms with Crippen molar-refractivity contribution in [2.45, 2.75) is 13.8 Å². The van der Waals surface area contributed by atoms with E-state index in [2.05, 4.69) is 0 Å². The molecule has 0 heterocycles. The van der Waals surface area contributed by atoms with E-state index in [9.17, 15) is 9.90 Å². The number of phenolic OH excluding ortho intramolecular Hbond substituents is 1. The van der Waals surface area contributed by atoms with Crippen LogP contribution in [0.4, 0.5) is 0 Å². The molecule has 0 aliphatic heterocycles. The lowest BCUT2D eigenvalue weighted by Gasteiger charge is -2.09. The van der Waals surface area contributed by atoms with E-state index in [1.54, 1.807) is 25.1 Å². The van der Waals surface area contributed by atoms with Gasteiger partial charge in [0.25, 0.3) is 0 Å². The van der Waals surface area contributed by atoms with E-state index in [-0.39, 0.29) is 11.5 Å². The normalized spacial score (nSPS) is 10.2. The number of carbonyl (C=O) groups is 1. The third-order valence-corrected chi connectivity index (χ3v) is 3.02. The van der Waals surface area contributed by atoms with E-state index in [4.69, 9.17) is 5.41 Å². The Balaban J connectivity index is 2.57. The maximum Gasteiger partial charge on any atom is 0.160 e. The summed E-state index contributed by atoms with van der Waals surface area (Å²) in [6, 6.07) is 12.4. The maximum atomic E-state index is 11.6. The smallest absolute Gasteiger partial charge is 0.160 e. The number of nitrogens with one attached hydrogen (secondary N) is 1. The second-order valence-corrected chi connectivity index (χ2v) is 4.46. The highest BCUT2D eigenvalue weighted by molar-refractivity contribution is 6.02. The first-order valence-corrected chi connectivity index (χ1v) is 5.99. The molecule has 2 aromatic rings. The molecule has 96 valence electrons. The van der Waals surface area contributed by atoms with Crippen LogP contribution < -0.4 is 0 Å². The summed E-state index contributed by atoms with van der Waals surface area (Å²) in [5.74, 6) is 0.0470. The molecule has 2 N–H and O–H groups in total. The van der Waals surface area contributed by atoms with Gasteiger partial charge < -0.3 is 10.5 Å². The maximum absolute atomic E-state index is 11.6. The van der Waals surface area contributed by atoms with Crippen LogP contribution >= 0.6 is 0 Å². The van der Waals surface area contributed by atoms with E-state index in [1.165, 1.54) is 6.92 Å². The molecule has 0 saturated carbocycles. The van der Waals surface area contributed by atoms with Gasteiger partial charge in [0.05, 0.1) is 0 Å². The molecule has 0 saturated heterocycles. The molecule has 0 amide bonds. The molecule has 0 radical (unpaired) electrons. The first kappa shape index (κ1) is 13.0. The number of Topliss-reactive ketones (excluding diaryl/α,β-unsaturated/α-hetero) is 1. The van der Waals surface area contributed by atoms with Crippen molar-refractivity contribution >= 4 is 11.5 Å². The topological polar surface area (TPSA) is 61.2 Å². The minimum Gasteiger partial charge on any atom is -0.507 e. The molecule has 3 nitrogen and oxygen atoms in total. The SMILES string of the molecule is CC(=N)c1ccc(-c2ccccc2C(C)=O)cc1O. The van der Waals surface area contributed by atoms with Gasteiger partial charge in [0.15, 0.2) is 5.78 Å². The van der Waals surface area contributed by atoms with Gasteiger partial charge in [0.1, 0.15) is 5.75 Å². The third-order valence-electron chi connectivity index (χ3n) is 3.02. The molecule has 0 aliphatic rings. The van der Waals surface area contributed by atoms with Gasteiger partial charge in [-0.3, -0.25) is 4.79 Å². The number of hydrogen-bond acceptors (Lipinski definition) is 3. The molecular formula is C16H15NO2. The monoisotopic (exact) mass is 253 g/mol. The number of ketones is 1. The van der Waals surface area contributed by atoms with Gasteiger partial charge in [-0.25, -0.2) is 0 Å². The van der Waals surface area contributed by atoms with Gasteiger partial charge in [0.2, 0.25) is 0 Å². The lowest BCUT2D eigenvalue weighted by molar-refractivity contribution is 0.101. The zero-order valence-electron chi connectivity index (χ0n) is 10.9. The third kappa shape index (κ3) is 2.55. The summed E-state index contributed by atoms with van der Waals surface area (Å²) in [6.45, 7) is 3.15. The minimum absolute atomic E-state index is 0.0117. The molecule has 0 bridgehead atoms. The molecule has 19 heavy (non-hydrogen) atoms. The van der Waals surface area contributed by atoms with Crippen LogP contribution in [0.2, 0.25) is 0 Å². The van der Waals surface area contributed by atoms with Crippen molar-refractivity contribution < 1.29 is 9.90 Å². The number of phenols is 1. The van der Waals surface area contributed by atoms with Crippen LogP contribution in [0.3, 0.4) is 0 Å². The molecule has 0 aliphatic carbocycles. The Morgan fingerprint density at radius 1 is 1.05 bits per heavy atom. The zero-order valence-corrected chi connectivity index (χ0v) is 10.9. The van der Waals surface area contributed by atoms with E-state index in [1.807, 2.05) is 24.3 Å². The van der Waals surface area contributed by atoms with Crippen LogP contribution in [-0.2, 0) is 0 Å². The number of aromatic hydroxyl groups is 1. The summed E-state index contributed by atoms with van der Waals surface area (Å²) in [7, 11) is 0.